The van der Waals surface area contributed by atoms with E-state index < -0.39 is 11.8 Å². The summed E-state index contributed by atoms with van der Waals surface area (Å²) in [4.78, 5) is 25.7. The Morgan fingerprint density at radius 1 is 1.05 bits per heavy atom. The molecule has 1 saturated heterocycles. The lowest BCUT2D eigenvalue weighted by Crippen LogP contribution is -2.42. The van der Waals surface area contributed by atoms with Crippen LogP contribution < -0.4 is 5.32 Å². The van der Waals surface area contributed by atoms with Gasteiger partial charge in [0.2, 0.25) is 0 Å². The molecule has 1 N–H and O–H groups in total. The number of carbonyl (C=O) groups excluding carboxylic acids is 2. The number of likely N-dealkylation sites (tertiary alicyclic amines) is 1. The maximum Gasteiger partial charge on any atom is 0.311 e. The Hall–Kier alpha value is -1.84. The van der Waals surface area contributed by atoms with Crippen molar-refractivity contribution in [2.45, 2.75) is 46.6 Å². The molecule has 0 bridgehead atoms. The van der Waals surface area contributed by atoms with E-state index in [4.69, 9.17) is 0 Å². The molecule has 0 aromatic heterocycles. The number of hydrogen-bond donors (Lipinski definition) is 1. The second-order valence-electron chi connectivity index (χ2n) is 5.99. The van der Waals surface area contributed by atoms with Gasteiger partial charge < -0.3 is 10.2 Å². The molecular formula is C17H24N2O2. The number of nitrogens with zero attached hydrogens (tertiary/aromatic N) is 1. The number of hydrogen-bond acceptors (Lipinski definition) is 2. The monoisotopic (exact) mass is 288 g/mol. The maximum atomic E-state index is 12.1. The highest BCUT2D eigenvalue weighted by molar-refractivity contribution is 6.35. The molecule has 1 heterocycles. The summed E-state index contributed by atoms with van der Waals surface area (Å²) in [5.41, 5.74) is 4.64. The maximum absolute atomic E-state index is 12.1. The molecule has 1 aromatic carbocycles. The molecule has 2 rings (SSSR count). The molecule has 1 atom stereocenters. The smallest absolute Gasteiger partial charge is 0.311 e. The molecule has 1 aliphatic heterocycles. The molecule has 0 radical (unpaired) electrons. The minimum Gasteiger partial charge on any atom is -0.341 e. The topological polar surface area (TPSA) is 49.4 Å². The molecule has 0 saturated carbocycles. The second-order valence-corrected chi connectivity index (χ2v) is 5.99. The van der Waals surface area contributed by atoms with Crippen LogP contribution in [-0.4, -0.2) is 29.8 Å². The number of nitrogens with one attached hydrogen (secondary N) is 1. The van der Waals surface area contributed by atoms with Gasteiger partial charge in [0.15, 0.2) is 0 Å². The van der Waals surface area contributed by atoms with Crippen LogP contribution in [0.3, 0.4) is 0 Å². The number of rotatable bonds is 2. The molecule has 114 valence electrons. The predicted molar refractivity (Wildman–Crippen MR) is 83.0 cm³/mol. The van der Waals surface area contributed by atoms with E-state index in [0.717, 1.165) is 24.0 Å². The van der Waals surface area contributed by atoms with E-state index in [-0.39, 0.29) is 6.04 Å². The Balaban J connectivity index is 2.07. The van der Waals surface area contributed by atoms with Gasteiger partial charge in [-0.1, -0.05) is 12.1 Å². The van der Waals surface area contributed by atoms with E-state index >= 15 is 0 Å². The summed E-state index contributed by atoms with van der Waals surface area (Å²) in [5.74, 6) is -0.900. The van der Waals surface area contributed by atoms with Crippen molar-refractivity contribution >= 4 is 11.8 Å². The minimum atomic E-state index is -0.498. The molecule has 0 aliphatic carbocycles. The predicted octanol–water partition coefficient (Wildman–Crippen LogP) is 2.41. The highest BCUT2D eigenvalue weighted by Crippen LogP contribution is 2.21. The van der Waals surface area contributed by atoms with Crippen LogP contribution in [0.15, 0.2) is 12.1 Å². The van der Waals surface area contributed by atoms with Crippen LogP contribution in [0, 0.1) is 20.8 Å². The fourth-order valence-corrected chi connectivity index (χ4v) is 2.85. The van der Waals surface area contributed by atoms with Gasteiger partial charge in [0.05, 0.1) is 6.04 Å². The van der Waals surface area contributed by atoms with Crippen molar-refractivity contribution in [1.29, 1.82) is 0 Å². The van der Waals surface area contributed by atoms with Crippen LogP contribution in [0.25, 0.3) is 0 Å². The fraction of sp³-hybridized carbons (Fsp3) is 0.529. The second kappa shape index (κ2) is 6.29. The zero-order valence-corrected chi connectivity index (χ0v) is 13.3. The molecule has 1 aromatic rings. The SMILES string of the molecule is Cc1cc(C)c([C@H](C)NC(=O)C(=O)N2CCCC2)cc1C. The van der Waals surface area contributed by atoms with Crippen LogP contribution >= 0.6 is 0 Å². The lowest BCUT2D eigenvalue weighted by atomic mass is 9.96. The number of aryl methyl sites for hydroxylation is 3. The first-order chi connectivity index (χ1) is 9.90. The number of amides is 2. The zero-order valence-electron chi connectivity index (χ0n) is 13.3. The van der Waals surface area contributed by atoms with Crippen molar-refractivity contribution in [2.75, 3.05) is 13.1 Å². The average molecular weight is 288 g/mol. The first-order valence-corrected chi connectivity index (χ1v) is 7.57. The summed E-state index contributed by atoms with van der Waals surface area (Å²) in [6.07, 6.45) is 1.98. The third-order valence-corrected chi connectivity index (χ3v) is 4.28. The standard InChI is InChI=1S/C17H24N2O2/c1-11-9-13(3)15(10-12(11)2)14(4)18-16(20)17(21)19-7-5-6-8-19/h9-10,14H,5-8H2,1-4H3,(H,18,20)/t14-/m0/s1. The van der Waals surface area contributed by atoms with E-state index in [2.05, 4.69) is 31.3 Å². The first-order valence-electron chi connectivity index (χ1n) is 7.57. The van der Waals surface area contributed by atoms with Crippen molar-refractivity contribution in [3.63, 3.8) is 0 Å². The quantitative estimate of drug-likeness (QED) is 0.850. The molecule has 21 heavy (non-hydrogen) atoms. The van der Waals surface area contributed by atoms with Gasteiger partial charge in [-0.15, -0.1) is 0 Å². The minimum absolute atomic E-state index is 0.164. The third-order valence-electron chi connectivity index (χ3n) is 4.28. The average Bonchev–Trinajstić information content (AvgIpc) is 2.95. The van der Waals surface area contributed by atoms with Gasteiger partial charge in [-0.2, -0.15) is 0 Å². The first kappa shape index (κ1) is 15.5. The van der Waals surface area contributed by atoms with E-state index in [1.807, 2.05) is 13.8 Å². The van der Waals surface area contributed by atoms with E-state index in [9.17, 15) is 9.59 Å². The van der Waals surface area contributed by atoms with Gasteiger partial charge in [-0.3, -0.25) is 9.59 Å². The summed E-state index contributed by atoms with van der Waals surface area (Å²) in [6, 6.07) is 4.05. The lowest BCUT2D eigenvalue weighted by Gasteiger charge is -2.20. The Kier molecular flexibility index (Phi) is 4.66. The van der Waals surface area contributed by atoms with Gasteiger partial charge in [-0.05, 0) is 62.8 Å². The van der Waals surface area contributed by atoms with Gasteiger partial charge in [-0.25, -0.2) is 0 Å². The summed E-state index contributed by atoms with van der Waals surface area (Å²) in [6.45, 7) is 9.49. The fourth-order valence-electron chi connectivity index (χ4n) is 2.85. The third kappa shape index (κ3) is 3.43. The molecule has 4 heteroatoms. The largest absolute Gasteiger partial charge is 0.341 e. The van der Waals surface area contributed by atoms with Crippen LogP contribution in [-0.2, 0) is 9.59 Å². The van der Waals surface area contributed by atoms with E-state index in [0.29, 0.717) is 13.1 Å². The van der Waals surface area contributed by atoms with Gasteiger partial charge in [0.25, 0.3) is 0 Å². The Morgan fingerprint density at radius 2 is 1.62 bits per heavy atom. The summed E-state index contributed by atoms with van der Waals surface area (Å²) in [7, 11) is 0. The highest BCUT2D eigenvalue weighted by atomic mass is 16.2. The van der Waals surface area contributed by atoms with Crippen molar-refractivity contribution in [3.8, 4) is 0 Å². The van der Waals surface area contributed by atoms with Crippen LogP contribution in [0.5, 0.6) is 0 Å². The zero-order chi connectivity index (χ0) is 15.6. The molecule has 0 unspecified atom stereocenters. The summed E-state index contributed by atoms with van der Waals surface area (Å²) < 4.78 is 0. The Labute approximate surface area is 126 Å². The van der Waals surface area contributed by atoms with Crippen molar-refractivity contribution < 1.29 is 9.59 Å². The van der Waals surface area contributed by atoms with Crippen LogP contribution in [0.1, 0.15) is 48.1 Å². The number of carbonyl (C=O) groups is 2. The summed E-state index contributed by atoms with van der Waals surface area (Å²) in [5, 5.41) is 2.83. The normalized spacial score (nSPS) is 15.9. The highest BCUT2D eigenvalue weighted by Gasteiger charge is 2.25. The summed E-state index contributed by atoms with van der Waals surface area (Å²) >= 11 is 0. The van der Waals surface area contributed by atoms with Crippen LogP contribution in [0.2, 0.25) is 0 Å². The van der Waals surface area contributed by atoms with Gasteiger partial charge >= 0.3 is 11.8 Å². The molecule has 1 aliphatic rings. The van der Waals surface area contributed by atoms with Gasteiger partial charge in [0.1, 0.15) is 0 Å². The molecule has 1 fully saturated rings. The molecular weight excluding hydrogens is 264 g/mol. The Morgan fingerprint density at radius 3 is 2.24 bits per heavy atom. The van der Waals surface area contributed by atoms with Crippen molar-refractivity contribution in [2.24, 2.45) is 0 Å². The molecule has 2 amide bonds. The van der Waals surface area contributed by atoms with E-state index in [1.165, 1.54) is 11.1 Å². The van der Waals surface area contributed by atoms with E-state index in [1.54, 1.807) is 4.90 Å². The number of benzene rings is 1. The Bertz CT molecular complexity index is 560. The van der Waals surface area contributed by atoms with Crippen LogP contribution in [0.4, 0.5) is 0 Å². The lowest BCUT2D eigenvalue weighted by molar-refractivity contribution is -0.145. The van der Waals surface area contributed by atoms with Gasteiger partial charge in [0, 0.05) is 13.1 Å². The molecule has 4 nitrogen and oxygen atoms in total. The van der Waals surface area contributed by atoms with Crippen molar-refractivity contribution in [3.05, 3.63) is 34.4 Å². The molecule has 0 spiro atoms. The van der Waals surface area contributed by atoms with Crippen molar-refractivity contribution in [1.82, 2.24) is 10.2 Å².